The largest absolute Gasteiger partial charge is 0.507 e. The van der Waals surface area contributed by atoms with Gasteiger partial charge >= 0.3 is 5.97 Å². The number of carbonyl (C=O) groups is 3. The molecular formula is C26H30N2O6. The number of ketones is 1. The van der Waals surface area contributed by atoms with Crippen LogP contribution in [0.4, 0.5) is 0 Å². The number of likely N-dealkylation sites (N-methyl/N-ethyl adjacent to an activating group) is 1. The Bertz CT molecular complexity index is 1090. The topological polar surface area (TPSA) is 96.4 Å². The number of Topliss-reactive ketones (excluding diaryl/α,β-unsaturated/α-hetero) is 1. The van der Waals surface area contributed by atoms with Crippen LogP contribution < -0.4 is 9.47 Å². The number of benzene rings is 2. The molecule has 1 fully saturated rings. The Morgan fingerprint density at radius 3 is 2.41 bits per heavy atom. The van der Waals surface area contributed by atoms with Crippen LogP contribution in [0.5, 0.6) is 11.5 Å². The monoisotopic (exact) mass is 466 g/mol. The van der Waals surface area contributed by atoms with Crippen LogP contribution in [0, 0.1) is 0 Å². The van der Waals surface area contributed by atoms with Crippen molar-refractivity contribution in [3.8, 4) is 11.5 Å². The standard InChI is InChI=1S/C26H30N2O6/c1-5-15-33-20-11-9-18(10-12-20)24(30)22-23(19-7-6-8-21(16-19)34-17(2)29)28(14-13-27(3)4)26(32)25(22)31/h6-12,16,23,30H,5,13-15H2,1-4H3/b24-22-. The van der Waals surface area contributed by atoms with Gasteiger partial charge in [-0.25, -0.2) is 0 Å². The lowest BCUT2D eigenvalue weighted by molar-refractivity contribution is -0.140. The molecule has 0 saturated carbocycles. The summed E-state index contributed by atoms with van der Waals surface area (Å²) in [6.07, 6.45) is 0.866. The number of hydrogen-bond acceptors (Lipinski definition) is 7. The van der Waals surface area contributed by atoms with Gasteiger partial charge < -0.3 is 24.4 Å². The molecule has 3 rings (SSSR count). The summed E-state index contributed by atoms with van der Waals surface area (Å²) in [6.45, 7) is 4.67. The summed E-state index contributed by atoms with van der Waals surface area (Å²) in [5, 5.41) is 11.2. The molecule has 0 radical (unpaired) electrons. The number of rotatable bonds is 9. The molecule has 180 valence electrons. The van der Waals surface area contributed by atoms with Crippen LogP contribution in [0.2, 0.25) is 0 Å². The molecule has 0 aliphatic carbocycles. The maximum absolute atomic E-state index is 13.1. The van der Waals surface area contributed by atoms with Crippen LogP contribution >= 0.6 is 0 Å². The summed E-state index contributed by atoms with van der Waals surface area (Å²) in [4.78, 5) is 40.9. The van der Waals surface area contributed by atoms with E-state index in [1.807, 2.05) is 25.9 Å². The van der Waals surface area contributed by atoms with E-state index >= 15 is 0 Å². The van der Waals surface area contributed by atoms with E-state index in [0.717, 1.165) is 6.42 Å². The molecule has 2 aromatic rings. The van der Waals surface area contributed by atoms with Crippen LogP contribution in [0.3, 0.4) is 0 Å². The highest BCUT2D eigenvalue weighted by Crippen LogP contribution is 2.40. The fraction of sp³-hybridized carbons (Fsp3) is 0.346. The lowest BCUT2D eigenvalue weighted by Crippen LogP contribution is -2.35. The Hall–Kier alpha value is -3.65. The Morgan fingerprint density at radius 1 is 1.09 bits per heavy atom. The minimum Gasteiger partial charge on any atom is -0.507 e. The van der Waals surface area contributed by atoms with Gasteiger partial charge in [0.2, 0.25) is 0 Å². The third-order valence-corrected chi connectivity index (χ3v) is 5.36. The molecule has 0 aromatic heterocycles. The molecule has 0 spiro atoms. The third-order valence-electron chi connectivity index (χ3n) is 5.36. The van der Waals surface area contributed by atoms with Crippen molar-refractivity contribution in [1.82, 2.24) is 9.80 Å². The number of likely N-dealkylation sites (tertiary alicyclic amines) is 1. The number of ether oxygens (including phenoxy) is 2. The summed E-state index contributed by atoms with van der Waals surface area (Å²) in [7, 11) is 3.74. The lowest BCUT2D eigenvalue weighted by atomic mass is 9.95. The van der Waals surface area contributed by atoms with Gasteiger partial charge in [-0.3, -0.25) is 14.4 Å². The van der Waals surface area contributed by atoms with Crippen molar-refractivity contribution in [3.05, 3.63) is 65.2 Å². The Balaban J connectivity index is 2.08. The van der Waals surface area contributed by atoms with Gasteiger partial charge in [0.25, 0.3) is 11.7 Å². The normalized spacial score (nSPS) is 17.3. The molecule has 1 amide bonds. The molecule has 2 aromatic carbocycles. The van der Waals surface area contributed by atoms with E-state index in [1.54, 1.807) is 48.5 Å². The van der Waals surface area contributed by atoms with Crippen molar-refractivity contribution in [2.75, 3.05) is 33.8 Å². The van der Waals surface area contributed by atoms with Crippen LogP contribution in [-0.2, 0) is 14.4 Å². The second-order valence-electron chi connectivity index (χ2n) is 8.33. The fourth-order valence-electron chi connectivity index (χ4n) is 3.76. The van der Waals surface area contributed by atoms with Crippen LogP contribution in [-0.4, -0.2) is 66.4 Å². The molecular weight excluding hydrogens is 436 g/mol. The number of hydrogen-bond donors (Lipinski definition) is 1. The first kappa shape index (κ1) is 25.0. The summed E-state index contributed by atoms with van der Waals surface area (Å²) in [6, 6.07) is 12.5. The van der Waals surface area contributed by atoms with Crippen molar-refractivity contribution in [2.24, 2.45) is 0 Å². The van der Waals surface area contributed by atoms with E-state index in [2.05, 4.69) is 0 Å². The van der Waals surface area contributed by atoms with Crippen LogP contribution in [0.25, 0.3) is 5.76 Å². The Morgan fingerprint density at radius 2 is 1.79 bits per heavy atom. The van der Waals surface area contributed by atoms with Gasteiger partial charge in [-0.1, -0.05) is 19.1 Å². The number of aliphatic hydroxyl groups is 1. The zero-order chi connectivity index (χ0) is 24.8. The highest BCUT2D eigenvalue weighted by Gasteiger charge is 2.46. The van der Waals surface area contributed by atoms with Gasteiger partial charge in [0.05, 0.1) is 18.2 Å². The number of amides is 1. The molecule has 1 N–H and O–H groups in total. The van der Waals surface area contributed by atoms with Crippen molar-refractivity contribution < 1.29 is 29.0 Å². The fourth-order valence-corrected chi connectivity index (χ4v) is 3.76. The predicted octanol–water partition coefficient (Wildman–Crippen LogP) is 3.38. The van der Waals surface area contributed by atoms with Crippen LogP contribution in [0.1, 0.15) is 37.4 Å². The third kappa shape index (κ3) is 5.63. The van der Waals surface area contributed by atoms with Gasteiger partial charge in [0, 0.05) is 25.6 Å². The zero-order valence-electron chi connectivity index (χ0n) is 19.9. The molecule has 1 unspecified atom stereocenters. The lowest BCUT2D eigenvalue weighted by Gasteiger charge is -2.26. The summed E-state index contributed by atoms with van der Waals surface area (Å²) < 4.78 is 10.8. The zero-order valence-corrected chi connectivity index (χ0v) is 19.9. The minimum atomic E-state index is -0.827. The quantitative estimate of drug-likeness (QED) is 0.199. The average Bonchev–Trinajstić information content (AvgIpc) is 3.06. The molecule has 1 aliphatic heterocycles. The second kappa shape index (κ2) is 11.0. The predicted molar refractivity (Wildman–Crippen MR) is 128 cm³/mol. The van der Waals surface area contributed by atoms with Gasteiger partial charge in [0.15, 0.2) is 0 Å². The molecule has 8 heteroatoms. The molecule has 0 bridgehead atoms. The summed E-state index contributed by atoms with van der Waals surface area (Å²) in [5.41, 5.74) is 0.947. The van der Waals surface area contributed by atoms with Crippen molar-refractivity contribution in [3.63, 3.8) is 0 Å². The van der Waals surface area contributed by atoms with Crippen molar-refractivity contribution in [1.29, 1.82) is 0 Å². The maximum Gasteiger partial charge on any atom is 0.308 e. The number of aliphatic hydroxyl groups excluding tert-OH is 1. The first-order chi connectivity index (χ1) is 16.2. The second-order valence-corrected chi connectivity index (χ2v) is 8.33. The van der Waals surface area contributed by atoms with E-state index < -0.39 is 23.7 Å². The van der Waals surface area contributed by atoms with E-state index in [4.69, 9.17) is 9.47 Å². The summed E-state index contributed by atoms with van der Waals surface area (Å²) >= 11 is 0. The molecule has 1 heterocycles. The molecule has 1 saturated heterocycles. The highest BCUT2D eigenvalue weighted by molar-refractivity contribution is 6.46. The minimum absolute atomic E-state index is 0.00837. The first-order valence-corrected chi connectivity index (χ1v) is 11.2. The van der Waals surface area contributed by atoms with Crippen molar-refractivity contribution in [2.45, 2.75) is 26.3 Å². The van der Waals surface area contributed by atoms with Gasteiger partial charge in [0.1, 0.15) is 17.3 Å². The van der Waals surface area contributed by atoms with E-state index in [-0.39, 0.29) is 17.9 Å². The van der Waals surface area contributed by atoms with Crippen molar-refractivity contribution >= 4 is 23.4 Å². The van der Waals surface area contributed by atoms with E-state index in [1.165, 1.54) is 11.8 Å². The summed E-state index contributed by atoms with van der Waals surface area (Å²) in [5.74, 6) is -1.25. The molecule has 8 nitrogen and oxygen atoms in total. The molecule has 1 aliphatic rings. The average molecular weight is 467 g/mol. The highest BCUT2D eigenvalue weighted by atomic mass is 16.5. The van der Waals surface area contributed by atoms with E-state index in [0.29, 0.717) is 35.8 Å². The molecule has 34 heavy (non-hydrogen) atoms. The first-order valence-electron chi connectivity index (χ1n) is 11.2. The van der Waals surface area contributed by atoms with Gasteiger partial charge in [-0.2, -0.15) is 0 Å². The molecule has 1 atom stereocenters. The maximum atomic E-state index is 13.1. The van der Waals surface area contributed by atoms with Gasteiger partial charge in [-0.15, -0.1) is 0 Å². The number of carbonyl (C=O) groups excluding carboxylic acids is 3. The Labute approximate surface area is 199 Å². The van der Waals surface area contributed by atoms with Gasteiger partial charge in [-0.05, 0) is 62.5 Å². The number of nitrogens with zero attached hydrogens (tertiary/aromatic N) is 2. The van der Waals surface area contributed by atoms with E-state index in [9.17, 15) is 19.5 Å². The smallest absolute Gasteiger partial charge is 0.308 e. The Kier molecular flexibility index (Phi) is 8.07. The van der Waals surface area contributed by atoms with Crippen LogP contribution in [0.15, 0.2) is 54.1 Å². The number of esters is 1. The SMILES string of the molecule is CCCOc1ccc(/C(O)=C2/C(=O)C(=O)N(CCN(C)C)C2c2cccc(OC(C)=O)c2)cc1.